The topological polar surface area (TPSA) is 49.4 Å². The van der Waals surface area contributed by atoms with E-state index < -0.39 is 6.04 Å². The molecule has 1 atom stereocenters. The van der Waals surface area contributed by atoms with E-state index in [9.17, 15) is 14.0 Å². The molecule has 0 radical (unpaired) electrons. The van der Waals surface area contributed by atoms with E-state index in [0.717, 1.165) is 11.1 Å². The van der Waals surface area contributed by atoms with Crippen LogP contribution in [0, 0.1) is 19.7 Å². The van der Waals surface area contributed by atoms with Crippen molar-refractivity contribution >= 4 is 23.6 Å². The number of nitrogens with zero attached hydrogens (tertiary/aromatic N) is 1. The first-order valence-electron chi connectivity index (χ1n) is 11.9. The number of nitrogens with one attached hydrogen (secondary N) is 1. The van der Waals surface area contributed by atoms with Crippen LogP contribution >= 0.6 is 11.8 Å². The van der Waals surface area contributed by atoms with Crippen molar-refractivity contribution in [3.8, 4) is 0 Å². The standard InChI is InChI=1S/C29H33FN2O2S/c1-4-31-29(34)27(17-23-10-6-5-7-11-23)32(18-25-12-8-9-13-26(25)30)28(33)20-35-19-24-15-21(2)14-22(3)16-24/h5-16,27H,4,17-20H2,1-3H3,(H,31,34)/t27-/m1/s1. The van der Waals surface area contributed by atoms with Crippen molar-refractivity contribution in [2.45, 2.75) is 45.5 Å². The summed E-state index contributed by atoms with van der Waals surface area (Å²) >= 11 is 1.51. The number of hydrogen-bond acceptors (Lipinski definition) is 3. The monoisotopic (exact) mass is 492 g/mol. The van der Waals surface area contributed by atoms with Crippen LogP contribution in [0.15, 0.2) is 72.8 Å². The van der Waals surface area contributed by atoms with Gasteiger partial charge in [0.15, 0.2) is 0 Å². The number of hydrogen-bond donors (Lipinski definition) is 1. The highest BCUT2D eigenvalue weighted by Crippen LogP contribution is 2.20. The maximum atomic E-state index is 14.6. The van der Waals surface area contributed by atoms with E-state index >= 15 is 0 Å². The van der Waals surface area contributed by atoms with Gasteiger partial charge in [-0.05, 0) is 38.0 Å². The van der Waals surface area contributed by atoms with Gasteiger partial charge < -0.3 is 10.2 Å². The first-order chi connectivity index (χ1) is 16.9. The van der Waals surface area contributed by atoms with E-state index in [1.807, 2.05) is 37.3 Å². The molecule has 0 aliphatic heterocycles. The van der Waals surface area contributed by atoms with Crippen LogP contribution in [0.25, 0.3) is 0 Å². The molecule has 0 aromatic heterocycles. The molecule has 3 aromatic rings. The summed E-state index contributed by atoms with van der Waals surface area (Å²) in [5.41, 5.74) is 4.87. The van der Waals surface area contributed by atoms with Crippen molar-refractivity contribution in [2.24, 2.45) is 0 Å². The normalized spacial score (nSPS) is 11.7. The summed E-state index contributed by atoms with van der Waals surface area (Å²) in [6.07, 6.45) is 0.356. The van der Waals surface area contributed by atoms with Gasteiger partial charge in [-0.25, -0.2) is 4.39 Å². The van der Waals surface area contributed by atoms with Crippen LogP contribution in [0.2, 0.25) is 0 Å². The third-order valence-corrected chi connectivity index (χ3v) is 6.68. The molecular formula is C29H33FN2O2S. The summed E-state index contributed by atoms with van der Waals surface area (Å²) in [6, 6.07) is 21.6. The number of likely N-dealkylation sites (N-methyl/N-ethyl adjacent to an activating group) is 1. The third-order valence-electron chi connectivity index (χ3n) is 5.70. The Morgan fingerprint density at radius 3 is 2.26 bits per heavy atom. The molecule has 0 spiro atoms. The van der Waals surface area contributed by atoms with Gasteiger partial charge in [-0.15, -0.1) is 11.8 Å². The van der Waals surface area contributed by atoms with Gasteiger partial charge in [0, 0.05) is 30.8 Å². The fraction of sp³-hybridized carbons (Fsp3) is 0.310. The Morgan fingerprint density at radius 2 is 1.60 bits per heavy atom. The van der Waals surface area contributed by atoms with Crippen molar-refractivity contribution < 1.29 is 14.0 Å². The van der Waals surface area contributed by atoms with Crippen molar-refractivity contribution in [1.29, 1.82) is 0 Å². The fourth-order valence-corrected chi connectivity index (χ4v) is 4.99. The zero-order valence-electron chi connectivity index (χ0n) is 20.6. The van der Waals surface area contributed by atoms with Crippen LogP contribution in [0.5, 0.6) is 0 Å². The molecule has 0 heterocycles. The van der Waals surface area contributed by atoms with Crippen molar-refractivity contribution in [2.75, 3.05) is 12.3 Å². The summed E-state index contributed by atoms with van der Waals surface area (Å²) < 4.78 is 14.6. The number of halogens is 1. The van der Waals surface area contributed by atoms with Crippen LogP contribution in [0.3, 0.4) is 0 Å². The van der Waals surface area contributed by atoms with Gasteiger partial charge in [0.05, 0.1) is 5.75 Å². The van der Waals surface area contributed by atoms with Crippen LogP contribution in [0.4, 0.5) is 4.39 Å². The number of carbonyl (C=O) groups is 2. The molecule has 0 fully saturated rings. The van der Waals surface area contributed by atoms with E-state index in [2.05, 4.69) is 37.4 Å². The van der Waals surface area contributed by atoms with E-state index in [4.69, 9.17) is 0 Å². The first-order valence-corrected chi connectivity index (χ1v) is 13.0. The van der Waals surface area contributed by atoms with Gasteiger partial charge >= 0.3 is 0 Å². The van der Waals surface area contributed by atoms with Crippen molar-refractivity contribution in [3.63, 3.8) is 0 Å². The minimum Gasteiger partial charge on any atom is -0.355 e. The molecule has 0 aliphatic rings. The first kappa shape index (κ1) is 26.5. The highest BCUT2D eigenvalue weighted by Gasteiger charge is 2.30. The van der Waals surface area contributed by atoms with Crippen molar-refractivity contribution in [1.82, 2.24) is 10.2 Å². The average molecular weight is 493 g/mol. The Kier molecular flexibility index (Phi) is 9.91. The molecule has 2 amide bonds. The lowest BCUT2D eigenvalue weighted by Gasteiger charge is -2.31. The maximum absolute atomic E-state index is 14.6. The van der Waals surface area contributed by atoms with Gasteiger partial charge in [-0.2, -0.15) is 0 Å². The number of thioether (sulfide) groups is 1. The molecule has 0 saturated carbocycles. The molecule has 35 heavy (non-hydrogen) atoms. The lowest BCUT2D eigenvalue weighted by atomic mass is 10.0. The summed E-state index contributed by atoms with van der Waals surface area (Å²) in [4.78, 5) is 28.2. The van der Waals surface area contributed by atoms with Gasteiger partial charge in [0.1, 0.15) is 11.9 Å². The fourth-order valence-electron chi connectivity index (χ4n) is 4.15. The smallest absolute Gasteiger partial charge is 0.243 e. The number of amides is 2. The van der Waals surface area contributed by atoms with E-state index in [1.54, 1.807) is 18.2 Å². The average Bonchev–Trinajstić information content (AvgIpc) is 2.82. The Bertz CT molecular complexity index is 1120. The Balaban J connectivity index is 1.84. The van der Waals surface area contributed by atoms with E-state index in [1.165, 1.54) is 33.9 Å². The molecule has 0 bridgehead atoms. The Hall–Kier alpha value is -3.12. The van der Waals surface area contributed by atoms with Crippen molar-refractivity contribution in [3.05, 3.63) is 106 Å². The Labute approximate surface area is 211 Å². The van der Waals surface area contributed by atoms with Gasteiger partial charge in [0.2, 0.25) is 11.8 Å². The van der Waals surface area contributed by atoms with Crippen LogP contribution in [-0.2, 0) is 28.3 Å². The second-order valence-electron chi connectivity index (χ2n) is 8.70. The highest BCUT2D eigenvalue weighted by atomic mass is 32.2. The SMILES string of the molecule is CCNC(=O)[C@@H](Cc1ccccc1)N(Cc1ccccc1F)C(=O)CSCc1cc(C)cc(C)c1. The number of carbonyl (C=O) groups excluding carboxylic acids is 2. The lowest BCUT2D eigenvalue weighted by molar-refractivity contribution is -0.139. The molecule has 0 saturated heterocycles. The third kappa shape index (κ3) is 7.96. The number of rotatable bonds is 11. The van der Waals surface area contributed by atoms with Gasteiger partial charge in [-0.1, -0.05) is 77.9 Å². The number of benzene rings is 3. The molecule has 1 N–H and O–H groups in total. The molecule has 6 heteroatoms. The van der Waals surface area contributed by atoms with E-state index in [0.29, 0.717) is 24.3 Å². The number of aryl methyl sites for hydroxylation is 2. The summed E-state index contributed by atoms with van der Waals surface area (Å²) in [7, 11) is 0. The predicted octanol–water partition coefficient (Wildman–Crippen LogP) is 5.45. The van der Waals surface area contributed by atoms with Crippen LogP contribution < -0.4 is 5.32 Å². The minimum atomic E-state index is -0.744. The molecule has 3 rings (SSSR count). The maximum Gasteiger partial charge on any atom is 0.243 e. The van der Waals surface area contributed by atoms with Gasteiger partial charge in [0.25, 0.3) is 0 Å². The minimum absolute atomic E-state index is 0.0320. The molecule has 3 aromatic carbocycles. The molecule has 0 aliphatic carbocycles. The second-order valence-corrected chi connectivity index (χ2v) is 9.69. The zero-order chi connectivity index (χ0) is 25.2. The molecule has 184 valence electrons. The zero-order valence-corrected chi connectivity index (χ0v) is 21.4. The van der Waals surface area contributed by atoms with E-state index in [-0.39, 0.29) is 29.9 Å². The lowest BCUT2D eigenvalue weighted by Crippen LogP contribution is -2.51. The highest BCUT2D eigenvalue weighted by molar-refractivity contribution is 7.99. The van der Waals surface area contributed by atoms with Crippen LogP contribution in [0.1, 0.15) is 34.7 Å². The molecular weight excluding hydrogens is 459 g/mol. The quantitative estimate of drug-likeness (QED) is 0.387. The summed E-state index contributed by atoms with van der Waals surface area (Å²) in [5, 5.41) is 2.86. The largest absolute Gasteiger partial charge is 0.355 e. The molecule has 0 unspecified atom stereocenters. The predicted molar refractivity (Wildman–Crippen MR) is 142 cm³/mol. The Morgan fingerprint density at radius 1 is 0.943 bits per heavy atom. The summed E-state index contributed by atoms with van der Waals surface area (Å²) in [6.45, 7) is 6.45. The van der Waals surface area contributed by atoms with Gasteiger partial charge in [-0.3, -0.25) is 9.59 Å². The molecule has 4 nitrogen and oxygen atoms in total. The second kappa shape index (κ2) is 13.1. The van der Waals surface area contributed by atoms with Crippen LogP contribution in [-0.4, -0.2) is 35.1 Å². The summed E-state index contributed by atoms with van der Waals surface area (Å²) in [5.74, 6) is 0.0797.